The number of carbonyl (C=O) groups excluding carboxylic acids is 1. The first-order chi connectivity index (χ1) is 14.5. The van der Waals surface area contributed by atoms with Gasteiger partial charge in [-0.2, -0.15) is 0 Å². The first kappa shape index (κ1) is 20.0. The normalized spacial score (nSPS) is 10.8. The Balaban J connectivity index is 1.63. The highest BCUT2D eigenvalue weighted by molar-refractivity contribution is 6.39. The van der Waals surface area contributed by atoms with E-state index in [1.807, 2.05) is 29.8 Å². The summed E-state index contributed by atoms with van der Waals surface area (Å²) in [5.41, 5.74) is 2.24. The standard InChI is InChI=1S/C21H17Cl2N5O2/c1-27(12-29)19-11-14(8-9-24-19)30-13-6-7-18-17(10-13)25-21(28(18)2)26-20-15(22)4-3-5-16(20)23/h3-12H,1-2H3,(H,25,26). The maximum absolute atomic E-state index is 10.9. The Hall–Kier alpha value is -3.29. The second-order valence-electron chi connectivity index (χ2n) is 6.53. The third-order valence-electron chi connectivity index (χ3n) is 4.52. The summed E-state index contributed by atoms with van der Waals surface area (Å²) in [5, 5.41) is 4.21. The van der Waals surface area contributed by atoms with E-state index in [1.165, 1.54) is 4.90 Å². The zero-order valence-electron chi connectivity index (χ0n) is 16.1. The number of para-hydroxylation sites is 1. The predicted molar refractivity (Wildman–Crippen MR) is 119 cm³/mol. The molecule has 0 saturated heterocycles. The predicted octanol–water partition coefficient (Wildman–Crippen LogP) is 5.40. The molecule has 0 atom stereocenters. The summed E-state index contributed by atoms with van der Waals surface area (Å²) < 4.78 is 7.84. The number of fused-ring (bicyclic) bond motifs is 1. The minimum absolute atomic E-state index is 0.490. The number of benzene rings is 2. The van der Waals surface area contributed by atoms with Gasteiger partial charge in [-0.3, -0.25) is 4.79 Å². The summed E-state index contributed by atoms with van der Waals surface area (Å²) in [4.78, 5) is 21.1. The molecule has 1 amide bonds. The molecular weight excluding hydrogens is 425 g/mol. The van der Waals surface area contributed by atoms with Crippen LogP contribution in [0.1, 0.15) is 0 Å². The number of ether oxygens (including phenoxy) is 1. The highest BCUT2D eigenvalue weighted by Crippen LogP contribution is 2.34. The quantitative estimate of drug-likeness (QED) is 0.405. The number of halogens is 2. The smallest absolute Gasteiger partial charge is 0.215 e. The molecule has 0 aliphatic carbocycles. The van der Waals surface area contributed by atoms with Gasteiger partial charge in [0.15, 0.2) is 0 Å². The minimum atomic E-state index is 0.490. The fourth-order valence-corrected chi connectivity index (χ4v) is 3.42. The van der Waals surface area contributed by atoms with Crippen molar-refractivity contribution in [1.82, 2.24) is 14.5 Å². The van der Waals surface area contributed by atoms with Crippen LogP contribution in [0.2, 0.25) is 10.0 Å². The number of aromatic nitrogens is 3. The summed E-state index contributed by atoms with van der Waals surface area (Å²) in [7, 11) is 3.52. The number of amides is 1. The average molecular weight is 442 g/mol. The zero-order valence-corrected chi connectivity index (χ0v) is 17.6. The van der Waals surface area contributed by atoms with Crippen molar-refractivity contribution in [2.45, 2.75) is 0 Å². The number of imidazole rings is 1. The van der Waals surface area contributed by atoms with E-state index in [1.54, 1.807) is 43.6 Å². The van der Waals surface area contributed by atoms with Gasteiger partial charge >= 0.3 is 0 Å². The van der Waals surface area contributed by atoms with E-state index in [9.17, 15) is 4.79 Å². The van der Waals surface area contributed by atoms with Gasteiger partial charge in [-0.25, -0.2) is 9.97 Å². The first-order valence-corrected chi connectivity index (χ1v) is 9.71. The van der Waals surface area contributed by atoms with Crippen molar-refractivity contribution in [3.05, 3.63) is 64.8 Å². The van der Waals surface area contributed by atoms with Gasteiger partial charge in [0.05, 0.1) is 26.8 Å². The molecule has 0 radical (unpaired) electrons. The van der Waals surface area contributed by atoms with Crippen LogP contribution in [-0.4, -0.2) is 28.0 Å². The maximum Gasteiger partial charge on any atom is 0.215 e. The topological polar surface area (TPSA) is 72.3 Å². The van der Waals surface area contributed by atoms with E-state index < -0.39 is 0 Å². The van der Waals surface area contributed by atoms with E-state index in [2.05, 4.69) is 15.3 Å². The number of hydrogen-bond donors (Lipinski definition) is 1. The number of nitrogens with one attached hydrogen (secondary N) is 1. The molecule has 7 nitrogen and oxygen atoms in total. The van der Waals surface area contributed by atoms with Gasteiger partial charge in [0.2, 0.25) is 12.4 Å². The van der Waals surface area contributed by atoms with Crippen molar-refractivity contribution in [3.63, 3.8) is 0 Å². The number of carbonyl (C=O) groups is 1. The molecule has 4 aromatic rings. The van der Waals surface area contributed by atoms with Crippen LogP contribution in [0.3, 0.4) is 0 Å². The Morgan fingerprint density at radius 1 is 1.10 bits per heavy atom. The van der Waals surface area contributed by atoms with Crippen molar-refractivity contribution < 1.29 is 9.53 Å². The van der Waals surface area contributed by atoms with Crippen LogP contribution < -0.4 is 15.0 Å². The number of hydrogen-bond acceptors (Lipinski definition) is 5. The fraction of sp³-hybridized carbons (Fsp3) is 0.0952. The van der Waals surface area contributed by atoms with Gasteiger partial charge in [0.25, 0.3) is 0 Å². The van der Waals surface area contributed by atoms with Crippen LogP contribution in [0.15, 0.2) is 54.7 Å². The van der Waals surface area contributed by atoms with E-state index in [4.69, 9.17) is 27.9 Å². The van der Waals surface area contributed by atoms with E-state index in [-0.39, 0.29) is 0 Å². The van der Waals surface area contributed by atoms with Crippen molar-refractivity contribution in [2.75, 3.05) is 17.3 Å². The average Bonchev–Trinajstić information content (AvgIpc) is 3.05. The highest BCUT2D eigenvalue weighted by atomic mass is 35.5. The van der Waals surface area contributed by atoms with E-state index in [0.717, 1.165) is 11.0 Å². The Kier molecular flexibility index (Phi) is 5.48. The van der Waals surface area contributed by atoms with Crippen molar-refractivity contribution in [2.24, 2.45) is 7.05 Å². The fourth-order valence-electron chi connectivity index (χ4n) is 2.93. The van der Waals surface area contributed by atoms with Crippen molar-refractivity contribution >= 4 is 58.1 Å². The number of rotatable bonds is 6. The zero-order chi connectivity index (χ0) is 21.3. The van der Waals surface area contributed by atoms with Gasteiger partial charge in [-0.05, 0) is 30.3 Å². The molecule has 2 aromatic carbocycles. The first-order valence-electron chi connectivity index (χ1n) is 8.96. The number of nitrogens with zero attached hydrogens (tertiary/aromatic N) is 4. The van der Waals surface area contributed by atoms with Crippen LogP contribution >= 0.6 is 23.2 Å². The number of aryl methyl sites for hydroxylation is 1. The monoisotopic (exact) mass is 441 g/mol. The van der Waals surface area contributed by atoms with Gasteiger partial charge < -0.3 is 19.5 Å². The van der Waals surface area contributed by atoms with Crippen molar-refractivity contribution in [1.29, 1.82) is 0 Å². The lowest BCUT2D eigenvalue weighted by atomic mass is 10.3. The summed E-state index contributed by atoms with van der Waals surface area (Å²) in [5.74, 6) is 2.25. The molecular formula is C21H17Cl2N5O2. The van der Waals surface area contributed by atoms with Crippen LogP contribution in [-0.2, 0) is 11.8 Å². The lowest BCUT2D eigenvalue weighted by Gasteiger charge is -2.11. The molecule has 2 aromatic heterocycles. The van der Waals surface area contributed by atoms with Crippen LogP contribution in [0.4, 0.5) is 17.5 Å². The van der Waals surface area contributed by atoms with Crippen LogP contribution in [0.25, 0.3) is 11.0 Å². The summed E-state index contributed by atoms with van der Waals surface area (Å²) in [6.45, 7) is 0. The van der Waals surface area contributed by atoms with Crippen LogP contribution in [0.5, 0.6) is 11.5 Å². The maximum atomic E-state index is 10.9. The molecule has 30 heavy (non-hydrogen) atoms. The lowest BCUT2D eigenvalue weighted by molar-refractivity contribution is -0.107. The minimum Gasteiger partial charge on any atom is -0.457 e. The van der Waals surface area contributed by atoms with Crippen LogP contribution in [0, 0.1) is 0 Å². The molecule has 0 spiro atoms. The molecule has 0 saturated carbocycles. The second kappa shape index (κ2) is 8.22. The summed E-state index contributed by atoms with van der Waals surface area (Å²) in [6.07, 6.45) is 2.27. The SMILES string of the molecule is CN(C=O)c1cc(Oc2ccc3c(c2)nc(Nc2c(Cl)cccc2Cl)n3C)ccn1. The van der Waals surface area contributed by atoms with E-state index in [0.29, 0.717) is 45.4 Å². The molecule has 1 N–H and O–H groups in total. The van der Waals surface area contributed by atoms with E-state index >= 15 is 0 Å². The highest BCUT2D eigenvalue weighted by Gasteiger charge is 2.13. The molecule has 0 aliphatic heterocycles. The molecule has 0 bridgehead atoms. The lowest BCUT2D eigenvalue weighted by Crippen LogP contribution is -2.14. The second-order valence-corrected chi connectivity index (χ2v) is 7.35. The molecule has 152 valence electrons. The molecule has 0 aliphatic rings. The van der Waals surface area contributed by atoms with Gasteiger partial charge in [-0.15, -0.1) is 0 Å². The summed E-state index contributed by atoms with van der Waals surface area (Å²) >= 11 is 12.5. The number of pyridine rings is 1. The largest absolute Gasteiger partial charge is 0.457 e. The molecule has 9 heteroatoms. The third kappa shape index (κ3) is 3.90. The molecule has 0 fully saturated rings. The van der Waals surface area contributed by atoms with Gasteiger partial charge in [0.1, 0.15) is 17.3 Å². The molecule has 2 heterocycles. The Bertz CT molecular complexity index is 1220. The third-order valence-corrected chi connectivity index (χ3v) is 5.15. The summed E-state index contributed by atoms with van der Waals surface area (Å²) in [6, 6.07) is 14.3. The Labute approximate surface area is 182 Å². The Morgan fingerprint density at radius 3 is 2.57 bits per heavy atom. The van der Waals surface area contributed by atoms with Gasteiger partial charge in [0, 0.05) is 32.4 Å². The van der Waals surface area contributed by atoms with Gasteiger partial charge in [-0.1, -0.05) is 29.3 Å². The molecule has 0 unspecified atom stereocenters. The number of anilines is 3. The van der Waals surface area contributed by atoms with Crippen molar-refractivity contribution in [3.8, 4) is 11.5 Å². The Morgan fingerprint density at radius 2 is 1.83 bits per heavy atom. The molecule has 4 rings (SSSR count).